The SMILES string of the molecule is COc1ccc(C2CC(c3ccccc3Cl)=NN2C(N)=S)cc1. The summed E-state index contributed by atoms with van der Waals surface area (Å²) in [5.41, 5.74) is 8.71. The molecule has 0 spiro atoms. The van der Waals surface area contributed by atoms with Gasteiger partial charge in [-0.15, -0.1) is 0 Å². The Hall–Kier alpha value is -2.11. The zero-order chi connectivity index (χ0) is 16.4. The molecule has 23 heavy (non-hydrogen) atoms. The Labute approximate surface area is 145 Å². The monoisotopic (exact) mass is 345 g/mol. The maximum absolute atomic E-state index is 6.28. The van der Waals surface area contributed by atoms with E-state index in [4.69, 9.17) is 34.3 Å². The highest BCUT2D eigenvalue weighted by Crippen LogP contribution is 2.34. The van der Waals surface area contributed by atoms with Crippen LogP contribution >= 0.6 is 23.8 Å². The van der Waals surface area contributed by atoms with Gasteiger partial charge in [0.15, 0.2) is 5.11 Å². The standard InChI is InChI=1S/C17H16ClN3OS/c1-22-12-8-6-11(7-9-12)16-10-15(20-21(16)17(19)23)13-4-2-3-5-14(13)18/h2-9,16H,10H2,1H3,(H2,19,23). The molecule has 6 heteroatoms. The highest BCUT2D eigenvalue weighted by Gasteiger charge is 2.31. The van der Waals surface area contributed by atoms with Crippen molar-refractivity contribution in [2.24, 2.45) is 10.8 Å². The predicted molar refractivity (Wildman–Crippen MR) is 97.0 cm³/mol. The first-order valence-corrected chi connectivity index (χ1v) is 7.93. The molecule has 0 saturated carbocycles. The van der Waals surface area contributed by atoms with Crippen molar-refractivity contribution in [2.45, 2.75) is 12.5 Å². The van der Waals surface area contributed by atoms with E-state index in [0.29, 0.717) is 11.4 Å². The van der Waals surface area contributed by atoms with Crippen LogP contribution in [0.4, 0.5) is 0 Å². The Balaban J connectivity index is 1.94. The Morgan fingerprint density at radius 3 is 2.57 bits per heavy atom. The van der Waals surface area contributed by atoms with Crippen LogP contribution in [-0.2, 0) is 0 Å². The van der Waals surface area contributed by atoms with E-state index in [1.807, 2.05) is 48.5 Å². The molecule has 2 aromatic rings. The summed E-state index contributed by atoms with van der Waals surface area (Å²) in [4.78, 5) is 0. The van der Waals surface area contributed by atoms with Crippen molar-refractivity contribution in [1.82, 2.24) is 5.01 Å². The maximum atomic E-state index is 6.28. The average molecular weight is 346 g/mol. The lowest BCUT2D eigenvalue weighted by Crippen LogP contribution is -2.31. The highest BCUT2D eigenvalue weighted by molar-refractivity contribution is 7.80. The second kappa shape index (κ2) is 6.56. The molecule has 4 nitrogen and oxygen atoms in total. The number of nitrogens with zero attached hydrogens (tertiary/aromatic N) is 2. The number of rotatable bonds is 3. The van der Waals surface area contributed by atoms with Gasteiger partial charge in [-0.1, -0.05) is 41.9 Å². The summed E-state index contributed by atoms with van der Waals surface area (Å²) in [6.07, 6.45) is 0.688. The van der Waals surface area contributed by atoms with Crippen LogP contribution in [0.5, 0.6) is 5.75 Å². The molecule has 1 unspecified atom stereocenters. The molecule has 1 aliphatic heterocycles. The van der Waals surface area contributed by atoms with Crippen LogP contribution in [0.15, 0.2) is 53.6 Å². The smallest absolute Gasteiger partial charge is 0.187 e. The third-order valence-electron chi connectivity index (χ3n) is 3.82. The normalized spacial score (nSPS) is 17.0. The Bertz CT molecular complexity index is 761. The van der Waals surface area contributed by atoms with Gasteiger partial charge in [0.2, 0.25) is 0 Å². The van der Waals surface area contributed by atoms with Gasteiger partial charge in [0.1, 0.15) is 5.75 Å². The third-order valence-corrected chi connectivity index (χ3v) is 4.34. The lowest BCUT2D eigenvalue weighted by Gasteiger charge is -2.22. The van der Waals surface area contributed by atoms with Gasteiger partial charge in [-0.05, 0) is 36.0 Å². The van der Waals surface area contributed by atoms with E-state index in [0.717, 1.165) is 22.6 Å². The number of halogens is 1. The van der Waals surface area contributed by atoms with Gasteiger partial charge >= 0.3 is 0 Å². The second-order valence-electron chi connectivity index (χ2n) is 5.20. The van der Waals surface area contributed by atoms with E-state index < -0.39 is 0 Å². The number of benzene rings is 2. The number of ether oxygens (including phenoxy) is 1. The van der Waals surface area contributed by atoms with Crippen LogP contribution in [0.25, 0.3) is 0 Å². The van der Waals surface area contributed by atoms with E-state index >= 15 is 0 Å². The van der Waals surface area contributed by atoms with Crippen molar-refractivity contribution >= 4 is 34.6 Å². The molecule has 118 valence electrons. The number of hydrazone groups is 1. The van der Waals surface area contributed by atoms with Gasteiger partial charge in [0.05, 0.1) is 18.9 Å². The van der Waals surface area contributed by atoms with Crippen molar-refractivity contribution in [3.63, 3.8) is 0 Å². The fourth-order valence-corrected chi connectivity index (χ4v) is 3.07. The van der Waals surface area contributed by atoms with Crippen LogP contribution in [0.2, 0.25) is 5.02 Å². The molecule has 0 aliphatic carbocycles. The predicted octanol–water partition coefficient (Wildman–Crippen LogP) is 3.74. The largest absolute Gasteiger partial charge is 0.497 e. The van der Waals surface area contributed by atoms with Crippen LogP contribution in [0.3, 0.4) is 0 Å². The Morgan fingerprint density at radius 1 is 1.26 bits per heavy atom. The molecule has 0 aromatic heterocycles. The molecule has 1 aliphatic rings. The molecular formula is C17H16ClN3OS. The van der Waals surface area contributed by atoms with Crippen molar-refractivity contribution in [3.8, 4) is 5.75 Å². The first kappa shape index (κ1) is 15.8. The summed E-state index contributed by atoms with van der Waals surface area (Å²) in [6, 6.07) is 15.4. The van der Waals surface area contributed by atoms with Crippen molar-refractivity contribution in [3.05, 3.63) is 64.7 Å². The van der Waals surface area contributed by atoms with Gasteiger partial charge in [-0.3, -0.25) is 0 Å². The van der Waals surface area contributed by atoms with Gasteiger partial charge in [-0.2, -0.15) is 5.10 Å². The van der Waals surface area contributed by atoms with E-state index in [9.17, 15) is 0 Å². The minimum Gasteiger partial charge on any atom is -0.497 e. The van der Waals surface area contributed by atoms with Gasteiger partial charge in [0.25, 0.3) is 0 Å². The van der Waals surface area contributed by atoms with E-state index in [2.05, 4.69) is 5.10 Å². The number of hydrogen-bond acceptors (Lipinski definition) is 3. The molecule has 0 bridgehead atoms. The summed E-state index contributed by atoms with van der Waals surface area (Å²) in [5, 5.41) is 7.18. The Morgan fingerprint density at radius 2 is 1.96 bits per heavy atom. The first-order chi connectivity index (χ1) is 11.1. The number of hydrogen-bond donors (Lipinski definition) is 1. The van der Waals surface area contributed by atoms with Gasteiger partial charge < -0.3 is 10.5 Å². The number of methoxy groups -OCH3 is 1. The molecule has 0 fully saturated rings. The van der Waals surface area contributed by atoms with Gasteiger partial charge in [0, 0.05) is 17.0 Å². The number of nitrogens with two attached hydrogens (primary N) is 1. The Kier molecular flexibility index (Phi) is 4.50. The topological polar surface area (TPSA) is 50.8 Å². The quantitative estimate of drug-likeness (QED) is 0.861. The minimum atomic E-state index is -0.0373. The molecule has 2 N–H and O–H groups in total. The van der Waals surface area contributed by atoms with E-state index in [-0.39, 0.29) is 11.2 Å². The number of thiocarbonyl (C=S) groups is 1. The van der Waals surface area contributed by atoms with E-state index in [1.165, 1.54) is 0 Å². The third kappa shape index (κ3) is 3.16. The van der Waals surface area contributed by atoms with Gasteiger partial charge in [-0.25, -0.2) is 5.01 Å². The second-order valence-corrected chi connectivity index (χ2v) is 6.03. The molecule has 2 aromatic carbocycles. The van der Waals surface area contributed by atoms with Crippen molar-refractivity contribution in [2.75, 3.05) is 7.11 Å². The summed E-state index contributed by atoms with van der Waals surface area (Å²) >= 11 is 11.4. The summed E-state index contributed by atoms with van der Waals surface area (Å²) < 4.78 is 5.20. The van der Waals surface area contributed by atoms with E-state index in [1.54, 1.807) is 12.1 Å². The summed E-state index contributed by atoms with van der Waals surface area (Å²) in [6.45, 7) is 0. The lowest BCUT2D eigenvalue weighted by molar-refractivity contribution is 0.371. The fourth-order valence-electron chi connectivity index (χ4n) is 2.66. The molecule has 0 radical (unpaired) electrons. The average Bonchev–Trinajstić information content (AvgIpc) is 3.01. The molecular weight excluding hydrogens is 330 g/mol. The molecule has 1 heterocycles. The zero-order valence-corrected chi connectivity index (χ0v) is 14.1. The molecule has 0 amide bonds. The van der Waals surface area contributed by atoms with Crippen LogP contribution < -0.4 is 10.5 Å². The lowest BCUT2D eigenvalue weighted by atomic mass is 9.98. The van der Waals surface area contributed by atoms with Crippen LogP contribution in [-0.4, -0.2) is 22.9 Å². The highest BCUT2D eigenvalue weighted by atomic mass is 35.5. The minimum absolute atomic E-state index is 0.0373. The van der Waals surface area contributed by atoms with Crippen molar-refractivity contribution in [1.29, 1.82) is 0 Å². The summed E-state index contributed by atoms with van der Waals surface area (Å²) in [5.74, 6) is 0.806. The van der Waals surface area contributed by atoms with Crippen LogP contribution in [0.1, 0.15) is 23.6 Å². The van der Waals surface area contributed by atoms with Crippen LogP contribution in [0, 0.1) is 0 Å². The van der Waals surface area contributed by atoms with Crippen molar-refractivity contribution < 1.29 is 4.74 Å². The summed E-state index contributed by atoms with van der Waals surface area (Å²) in [7, 11) is 1.64. The molecule has 0 saturated heterocycles. The molecule has 1 atom stereocenters. The fraction of sp³-hybridized carbons (Fsp3) is 0.176. The first-order valence-electron chi connectivity index (χ1n) is 7.15. The zero-order valence-electron chi connectivity index (χ0n) is 12.6. The molecule has 3 rings (SSSR count). The maximum Gasteiger partial charge on any atom is 0.187 e.